The second kappa shape index (κ2) is 4.81. The van der Waals surface area contributed by atoms with Gasteiger partial charge in [0.15, 0.2) is 0 Å². The van der Waals surface area contributed by atoms with Gasteiger partial charge in [0, 0.05) is 22.8 Å². The number of aromatic nitrogens is 1. The lowest BCUT2D eigenvalue weighted by Crippen LogP contribution is -1.92. The molecule has 3 aromatic rings. The summed E-state index contributed by atoms with van der Waals surface area (Å²) in [6.07, 6.45) is 0. The molecule has 0 fully saturated rings. The topological polar surface area (TPSA) is 48.1 Å². The van der Waals surface area contributed by atoms with E-state index in [4.69, 9.17) is 10.5 Å². The number of rotatable bonds is 2. The number of nitrogens with two attached hydrogens (primary N) is 1. The second-order valence-corrected chi connectivity index (χ2v) is 4.59. The predicted octanol–water partition coefficient (Wildman–Crippen LogP) is 4.06. The molecular formula is C16H13FN2O. The third-order valence-electron chi connectivity index (χ3n) is 2.96. The number of ether oxygens (including phenoxy) is 1. The second-order valence-electron chi connectivity index (χ2n) is 4.59. The lowest BCUT2D eigenvalue weighted by molar-refractivity contribution is 0.485. The molecule has 0 atom stereocenters. The van der Waals surface area contributed by atoms with Crippen molar-refractivity contribution in [2.75, 3.05) is 5.73 Å². The van der Waals surface area contributed by atoms with Gasteiger partial charge >= 0.3 is 0 Å². The highest BCUT2D eigenvalue weighted by atomic mass is 19.1. The number of halogens is 1. The molecule has 100 valence electrons. The number of nitrogens with zero attached hydrogens (tertiary/aromatic N) is 1. The van der Waals surface area contributed by atoms with Gasteiger partial charge in [-0.3, -0.25) is 4.98 Å². The summed E-state index contributed by atoms with van der Waals surface area (Å²) in [5.41, 5.74) is 8.12. The smallest absolute Gasteiger partial charge is 0.138 e. The van der Waals surface area contributed by atoms with Gasteiger partial charge in [-0.1, -0.05) is 0 Å². The summed E-state index contributed by atoms with van der Waals surface area (Å²) in [7, 11) is 0. The number of pyridine rings is 1. The van der Waals surface area contributed by atoms with Crippen LogP contribution in [0.15, 0.2) is 48.5 Å². The van der Waals surface area contributed by atoms with Crippen LogP contribution in [-0.4, -0.2) is 4.98 Å². The zero-order valence-corrected chi connectivity index (χ0v) is 10.9. The molecular weight excluding hydrogens is 255 g/mol. The molecule has 4 heteroatoms. The van der Waals surface area contributed by atoms with Crippen LogP contribution in [-0.2, 0) is 0 Å². The van der Waals surface area contributed by atoms with E-state index >= 15 is 0 Å². The monoisotopic (exact) mass is 268 g/mol. The van der Waals surface area contributed by atoms with Crippen molar-refractivity contribution in [3.8, 4) is 11.5 Å². The third-order valence-corrected chi connectivity index (χ3v) is 2.96. The fourth-order valence-electron chi connectivity index (χ4n) is 2.05. The van der Waals surface area contributed by atoms with Gasteiger partial charge in [0.1, 0.15) is 17.3 Å². The van der Waals surface area contributed by atoms with Crippen molar-refractivity contribution in [2.24, 2.45) is 0 Å². The molecule has 3 nitrogen and oxygen atoms in total. The number of nitrogen functional groups attached to an aromatic ring is 1. The highest BCUT2D eigenvalue weighted by molar-refractivity contribution is 5.88. The van der Waals surface area contributed by atoms with Gasteiger partial charge < -0.3 is 10.5 Å². The van der Waals surface area contributed by atoms with Gasteiger partial charge in [-0.15, -0.1) is 0 Å². The highest BCUT2D eigenvalue weighted by Crippen LogP contribution is 2.31. The number of hydrogen-bond acceptors (Lipinski definition) is 3. The molecule has 0 radical (unpaired) electrons. The molecule has 0 aliphatic heterocycles. The Kier molecular flexibility index (Phi) is 2.99. The molecule has 0 aliphatic rings. The summed E-state index contributed by atoms with van der Waals surface area (Å²) in [4.78, 5) is 4.44. The fourth-order valence-corrected chi connectivity index (χ4v) is 2.05. The largest absolute Gasteiger partial charge is 0.457 e. The van der Waals surface area contributed by atoms with Crippen LogP contribution in [0.5, 0.6) is 11.5 Å². The Labute approximate surface area is 115 Å². The molecule has 0 spiro atoms. The normalized spacial score (nSPS) is 10.7. The van der Waals surface area contributed by atoms with E-state index in [1.165, 1.54) is 12.1 Å². The number of fused-ring (bicyclic) bond motifs is 1. The van der Waals surface area contributed by atoms with Crippen molar-refractivity contribution in [1.82, 2.24) is 4.98 Å². The van der Waals surface area contributed by atoms with Crippen LogP contribution in [0, 0.1) is 12.7 Å². The van der Waals surface area contributed by atoms with Gasteiger partial charge in [-0.25, -0.2) is 4.39 Å². The fraction of sp³-hybridized carbons (Fsp3) is 0.0625. The van der Waals surface area contributed by atoms with Gasteiger partial charge in [0.05, 0.1) is 5.52 Å². The molecule has 0 aliphatic carbocycles. The summed E-state index contributed by atoms with van der Waals surface area (Å²) < 4.78 is 18.7. The van der Waals surface area contributed by atoms with Crippen molar-refractivity contribution in [3.05, 3.63) is 60.0 Å². The summed E-state index contributed by atoms with van der Waals surface area (Å²) >= 11 is 0. The SMILES string of the molecule is Cc1cc(Oc2ccc(F)cc2)c2cc(N)ccc2n1. The van der Waals surface area contributed by atoms with E-state index in [1.54, 1.807) is 18.2 Å². The predicted molar refractivity (Wildman–Crippen MR) is 77.4 cm³/mol. The first-order valence-corrected chi connectivity index (χ1v) is 6.22. The standard InChI is InChI=1S/C16H13FN2O/c1-10-8-16(20-13-5-2-11(17)3-6-13)14-9-12(18)4-7-15(14)19-10/h2-9H,18H2,1H3. The lowest BCUT2D eigenvalue weighted by atomic mass is 10.1. The van der Waals surface area contributed by atoms with Crippen molar-refractivity contribution < 1.29 is 9.13 Å². The van der Waals surface area contributed by atoms with E-state index in [2.05, 4.69) is 4.98 Å². The van der Waals surface area contributed by atoms with Crippen LogP contribution in [0.4, 0.5) is 10.1 Å². The van der Waals surface area contributed by atoms with Crippen molar-refractivity contribution in [2.45, 2.75) is 6.92 Å². The van der Waals surface area contributed by atoms with E-state index in [-0.39, 0.29) is 5.82 Å². The molecule has 0 saturated heterocycles. The van der Waals surface area contributed by atoms with Crippen LogP contribution in [0.3, 0.4) is 0 Å². The Bertz CT molecular complexity index is 769. The Morgan fingerprint density at radius 3 is 2.55 bits per heavy atom. The first-order valence-electron chi connectivity index (χ1n) is 6.22. The van der Waals surface area contributed by atoms with Crippen LogP contribution in [0.1, 0.15) is 5.69 Å². The maximum Gasteiger partial charge on any atom is 0.138 e. The van der Waals surface area contributed by atoms with E-state index in [1.807, 2.05) is 25.1 Å². The number of aryl methyl sites for hydroxylation is 1. The van der Waals surface area contributed by atoms with E-state index in [0.717, 1.165) is 16.6 Å². The first kappa shape index (κ1) is 12.4. The van der Waals surface area contributed by atoms with Crippen LogP contribution in [0.25, 0.3) is 10.9 Å². The molecule has 0 saturated carbocycles. The minimum atomic E-state index is -0.294. The summed E-state index contributed by atoms with van der Waals surface area (Å²) in [5, 5.41) is 0.833. The summed E-state index contributed by atoms with van der Waals surface area (Å²) in [6, 6.07) is 13.2. The van der Waals surface area contributed by atoms with Gasteiger partial charge in [-0.2, -0.15) is 0 Å². The highest BCUT2D eigenvalue weighted by Gasteiger charge is 2.07. The van der Waals surface area contributed by atoms with Gasteiger partial charge in [0.2, 0.25) is 0 Å². The first-order chi connectivity index (χ1) is 9.61. The van der Waals surface area contributed by atoms with Crippen LogP contribution in [0.2, 0.25) is 0 Å². The minimum absolute atomic E-state index is 0.294. The van der Waals surface area contributed by atoms with Crippen molar-refractivity contribution in [1.29, 1.82) is 0 Å². The molecule has 2 N–H and O–H groups in total. The molecule has 20 heavy (non-hydrogen) atoms. The van der Waals surface area contributed by atoms with Crippen LogP contribution < -0.4 is 10.5 Å². The molecule has 3 rings (SSSR count). The quantitative estimate of drug-likeness (QED) is 0.713. The number of anilines is 1. The van der Waals surface area contributed by atoms with Crippen molar-refractivity contribution >= 4 is 16.6 Å². The maximum absolute atomic E-state index is 12.9. The van der Waals surface area contributed by atoms with E-state index in [0.29, 0.717) is 17.2 Å². The van der Waals surface area contributed by atoms with Gasteiger partial charge in [0.25, 0.3) is 0 Å². The summed E-state index contributed by atoms with van der Waals surface area (Å²) in [5.74, 6) is 0.935. The molecule has 1 heterocycles. The zero-order valence-electron chi connectivity index (χ0n) is 10.9. The third kappa shape index (κ3) is 2.40. The zero-order chi connectivity index (χ0) is 14.1. The maximum atomic E-state index is 12.9. The Morgan fingerprint density at radius 1 is 1.05 bits per heavy atom. The van der Waals surface area contributed by atoms with E-state index in [9.17, 15) is 4.39 Å². The van der Waals surface area contributed by atoms with Crippen LogP contribution >= 0.6 is 0 Å². The van der Waals surface area contributed by atoms with Gasteiger partial charge in [-0.05, 0) is 49.4 Å². The Hall–Kier alpha value is -2.62. The lowest BCUT2D eigenvalue weighted by Gasteiger charge is -2.10. The molecule has 0 amide bonds. The molecule has 0 bridgehead atoms. The number of benzene rings is 2. The average Bonchev–Trinajstić information content (AvgIpc) is 2.42. The minimum Gasteiger partial charge on any atom is -0.457 e. The number of hydrogen-bond donors (Lipinski definition) is 1. The Morgan fingerprint density at radius 2 is 1.80 bits per heavy atom. The average molecular weight is 268 g/mol. The van der Waals surface area contributed by atoms with E-state index < -0.39 is 0 Å². The summed E-state index contributed by atoms with van der Waals surface area (Å²) in [6.45, 7) is 1.90. The molecule has 2 aromatic carbocycles. The molecule has 1 aromatic heterocycles. The Balaban J connectivity index is 2.10. The van der Waals surface area contributed by atoms with Crippen molar-refractivity contribution in [3.63, 3.8) is 0 Å². The molecule has 0 unspecified atom stereocenters.